The molecule has 7 heteroatoms. The van der Waals surface area contributed by atoms with Crippen molar-refractivity contribution in [2.75, 3.05) is 39.3 Å². The second-order valence-electron chi connectivity index (χ2n) is 10.4. The largest absolute Gasteiger partial charge is 0.477 e. The van der Waals surface area contributed by atoms with Gasteiger partial charge < -0.3 is 19.6 Å². The van der Waals surface area contributed by atoms with Gasteiger partial charge >= 0.3 is 0 Å². The van der Waals surface area contributed by atoms with Crippen molar-refractivity contribution in [3.05, 3.63) is 48.2 Å². The maximum atomic E-state index is 14.7. The number of ether oxygens (including phenoxy) is 1. The smallest absolute Gasteiger partial charge is 0.253 e. The van der Waals surface area contributed by atoms with Crippen LogP contribution in [0, 0.1) is 5.92 Å². The highest BCUT2D eigenvalue weighted by atomic mass is 19.1. The van der Waals surface area contributed by atoms with Gasteiger partial charge in [0.1, 0.15) is 5.67 Å². The number of aliphatic hydroxyl groups excluding tert-OH is 1. The standard InChI is InChI=1S/C29H40FN3O3/c1-3-29(30,4-2)21-32-16-13-22(14-17-32)20-36-27-12-11-25(18-31-27)23-7-9-24(10-8-23)28(35)33-15-5-6-26(34)19-33/h7-12,18,22,26,34H,3-6,13-17,19-21H2,1-2H3/t26-/m0/s1. The van der Waals surface area contributed by atoms with E-state index in [1.54, 1.807) is 11.1 Å². The normalized spacial score (nSPS) is 19.9. The van der Waals surface area contributed by atoms with Crippen LogP contribution in [-0.4, -0.2) is 76.9 Å². The highest BCUT2D eigenvalue weighted by Crippen LogP contribution is 2.26. The molecule has 1 aromatic carbocycles. The van der Waals surface area contributed by atoms with Gasteiger partial charge in [-0.25, -0.2) is 9.37 Å². The first-order valence-electron chi connectivity index (χ1n) is 13.5. The highest BCUT2D eigenvalue weighted by molar-refractivity contribution is 5.94. The fourth-order valence-corrected chi connectivity index (χ4v) is 5.15. The molecule has 2 aromatic rings. The van der Waals surface area contributed by atoms with Gasteiger partial charge in [-0.15, -0.1) is 0 Å². The van der Waals surface area contributed by atoms with Gasteiger partial charge in [0.25, 0.3) is 5.91 Å². The van der Waals surface area contributed by atoms with Crippen LogP contribution in [0.15, 0.2) is 42.6 Å². The number of piperidine rings is 2. The number of benzene rings is 1. The van der Waals surface area contributed by atoms with Crippen LogP contribution in [0.1, 0.15) is 62.7 Å². The fourth-order valence-electron chi connectivity index (χ4n) is 5.15. The molecule has 0 unspecified atom stereocenters. The number of likely N-dealkylation sites (tertiary alicyclic amines) is 2. The van der Waals surface area contributed by atoms with E-state index in [-0.39, 0.29) is 5.91 Å². The number of carbonyl (C=O) groups excluding carboxylic acids is 1. The average molecular weight is 498 g/mol. The van der Waals surface area contributed by atoms with Crippen molar-refractivity contribution in [2.24, 2.45) is 5.92 Å². The first-order chi connectivity index (χ1) is 17.4. The van der Waals surface area contributed by atoms with Crippen LogP contribution in [0.2, 0.25) is 0 Å². The van der Waals surface area contributed by atoms with Crippen molar-refractivity contribution in [2.45, 2.75) is 64.1 Å². The molecule has 2 fully saturated rings. The topological polar surface area (TPSA) is 65.9 Å². The van der Waals surface area contributed by atoms with Gasteiger partial charge in [-0.1, -0.05) is 26.0 Å². The molecule has 36 heavy (non-hydrogen) atoms. The van der Waals surface area contributed by atoms with Gasteiger partial charge in [0.2, 0.25) is 5.88 Å². The molecule has 1 aromatic heterocycles. The Morgan fingerprint density at radius 3 is 2.36 bits per heavy atom. The maximum absolute atomic E-state index is 14.7. The number of halogens is 1. The third-order valence-corrected chi connectivity index (χ3v) is 7.83. The van der Waals surface area contributed by atoms with E-state index in [1.807, 2.05) is 50.2 Å². The van der Waals surface area contributed by atoms with E-state index in [2.05, 4.69) is 9.88 Å². The molecule has 1 N–H and O–H groups in total. The van der Waals surface area contributed by atoms with Crippen molar-refractivity contribution in [3.8, 4) is 17.0 Å². The molecule has 0 saturated carbocycles. The van der Waals surface area contributed by atoms with Gasteiger partial charge in [0.15, 0.2) is 0 Å². The Hall–Kier alpha value is -2.51. The summed E-state index contributed by atoms with van der Waals surface area (Å²) in [7, 11) is 0. The third-order valence-electron chi connectivity index (χ3n) is 7.83. The zero-order chi connectivity index (χ0) is 25.5. The van der Waals surface area contributed by atoms with Crippen LogP contribution < -0.4 is 4.74 Å². The predicted molar refractivity (Wildman–Crippen MR) is 140 cm³/mol. The van der Waals surface area contributed by atoms with Crippen LogP contribution in [0.5, 0.6) is 5.88 Å². The summed E-state index contributed by atoms with van der Waals surface area (Å²) in [5, 5.41) is 9.84. The number of pyridine rings is 1. The molecule has 2 aliphatic rings. The Balaban J connectivity index is 1.24. The molecule has 6 nitrogen and oxygen atoms in total. The van der Waals surface area contributed by atoms with E-state index >= 15 is 0 Å². The minimum absolute atomic E-state index is 0.0345. The minimum Gasteiger partial charge on any atom is -0.477 e. The molecule has 4 rings (SSSR count). The van der Waals surface area contributed by atoms with E-state index in [0.717, 1.165) is 49.9 Å². The van der Waals surface area contributed by atoms with E-state index in [9.17, 15) is 14.3 Å². The molecule has 0 aliphatic carbocycles. The number of aliphatic hydroxyl groups is 1. The van der Waals surface area contributed by atoms with Crippen molar-refractivity contribution < 1.29 is 19.0 Å². The second-order valence-corrected chi connectivity index (χ2v) is 10.4. The Morgan fingerprint density at radius 2 is 1.75 bits per heavy atom. The van der Waals surface area contributed by atoms with Crippen LogP contribution in [0.4, 0.5) is 4.39 Å². The Labute approximate surface area is 214 Å². The molecule has 0 radical (unpaired) electrons. The number of hydrogen-bond donors (Lipinski definition) is 1. The zero-order valence-corrected chi connectivity index (χ0v) is 21.7. The molecular formula is C29H40FN3O3. The molecular weight excluding hydrogens is 457 g/mol. The van der Waals surface area contributed by atoms with Gasteiger partial charge in [-0.3, -0.25) is 4.79 Å². The van der Waals surface area contributed by atoms with Crippen molar-refractivity contribution in [1.29, 1.82) is 0 Å². The van der Waals surface area contributed by atoms with E-state index in [0.29, 0.717) is 56.4 Å². The minimum atomic E-state index is -1.07. The number of carbonyl (C=O) groups is 1. The molecule has 0 spiro atoms. The lowest BCUT2D eigenvalue weighted by atomic mass is 9.94. The van der Waals surface area contributed by atoms with Gasteiger partial charge in [0.05, 0.1) is 12.7 Å². The lowest BCUT2D eigenvalue weighted by Gasteiger charge is -2.36. The quantitative estimate of drug-likeness (QED) is 0.530. The highest BCUT2D eigenvalue weighted by Gasteiger charge is 2.30. The number of β-amino-alcohol motifs (C(OH)–C–C–N with tert-alkyl or cyclic N) is 1. The number of alkyl halides is 1. The molecule has 0 bridgehead atoms. The van der Waals surface area contributed by atoms with Crippen molar-refractivity contribution >= 4 is 5.91 Å². The summed E-state index contributed by atoms with van der Waals surface area (Å²) in [5.41, 5.74) is 1.51. The Bertz CT molecular complexity index is 970. The Morgan fingerprint density at radius 1 is 1.06 bits per heavy atom. The summed E-state index contributed by atoms with van der Waals surface area (Å²) in [6.07, 6.45) is 6.14. The summed E-state index contributed by atoms with van der Waals surface area (Å²) in [6, 6.07) is 11.4. The summed E-state index contributed by atoms with van der Waals surface area (Å²) < 4.78 is 20.7. The molecule has 2 saturated heterocycles. The van der Waals surface area contributed by atoms with Crippen LogP contribution in [0.3, 0.4) is 0 Å². The number of nitrogens with zero attached hydrogens (tertiary/aromatic N) is 3. The fraction of sp³-hybridized carbons (Fsp3) is 0.586. The van der Waals surface area contributed by atoms with E-state index in [4.69, 9.17) is 4.74 Å². The molecule has 3 heterocycles. The Kier molecular flexibility index (Phi) is 8.96. The number of amides is 1. The SMILES string of the molecule is CCC(F)(CC)CN1CCC(COc2ccc(-c3ccc(C(=O)N4CCC[C@H](O)C4)cc3)cn2)CC1. The lowest BCUT2D eigenvalue weighted by Crippen LogP contribution is -2.44. The zero-order valence-electron chi connectivity index (χ0n) is 21.7. The first-order valence-corrected chi connectivity index (χ1v) is 13.5. The van der Waals surface area contributed by atoms with E-state index in [1.165, 1.54) is 0 Å². The maximum Gasteiger partial charge on any atom is 0.253 e. The number of hydrogen-bond acceptors (Lipinski definition) is 5. The number of rotatable bonds is 9. The van der Waals surface area contributed by atoms with Crippen LogP contribution in [0.25, 0.3) is 11.1 Å². The van der Waals surface area contributed by atoms with E-state index < -0.39 is 11.8 Å². The average Bonchev–Trinajstić information content (AvgIpc) is 2.92. The van der Waals surface area contributed by atoms with Crippen molar-refractivity contribution in [3.63, 3.8) is 0 Å². The van der Waals surface area contributed by atoms with Crippen molar-refractivity contribution in [1.82, 2.24) is 14.8 Å². The summed E-state index contributed by atoms with van der Waals surface area (Å²) in [5.74, 6) is 1.04. The van der Waals surface area contributed by atoms with Crippen LogP contribution in [-0.2, 0) is 0 Å². The number of aromatic nitrogens is 1. The van der Waals surface area contributed by atoms with Gasteiger partial charge in [-0.2, -0.15) is 0 Å². The lowest BCUT2D eigenvalue weighted by molar-refractivity contribution is 0.0474. The summed E-state index contributed by atoms with van der Waals surface area (Å²) in [4.78, 5) is 21.2. The van der Waals surface area contributed by atoms with Gasteiger partial charge in [-0.05, 0) is 81.3 Å². The third kappa shape index (κ3) is 6.83. The van der Waals surface area contributed by atoms with Crippen LogP contribution >= 0.6 is 0 Å². The molecule has 1 atom stereocenters. The molecule has 1 amide bonds. The molecule has 196 valence electrons. The molecule has 2 aliphatic heterocycles. The second kappa shape index (κ2) is 12.2. The first kappa shape index (κ1) is 26.6. The monoisotopic (exact) mass is 497 g/mol. The van der Waals surface area contributed by atoms with Gasteiger partial charge in [0, 0.05) is 43.0 Å². The summed E-state index contributed by atoms with van der Waals surface area (Å²) >= 11 is 0. The predicted octanol–water partition coefficient (Wildman–Crippen LogP) is 4.96. The summed E-state index contributed by atoms with van der Waals surface area (Å²) in [6.45, 7) is 7.96.